The van der Waals surface area contributed by atoms with Gasteiger partial charge >= 0.3 is 0 Å². The maximum absolute atomic E-state index is 13.7. The SMILES string of the molecule is Cc1ccc2c(ccc(=O)n2CC(=O)N(C)C(CN2CCOCC2)c2ccc(-c3ccccc3)cc2)c1C. The van der Waals surface area contributed by atoms with Crippen LogP contribution in [0.5, 0.6) is 0 Å². The van der Waals surface area contributed by atoms with E-state index in [-0.39, 0.29) is 24.1 Å². The van der Waals surface area contributed by atoms with E-state index in [4.69, 9.17) is 4.74 Å². The molecule has 1 unspecified atom stereocenters. The molecule has 0 bridgehead atoms. The smallest absolute Gasteiger partial charge is 0.251 e. The van der Waals surface area contributed by atoms with Crippen molar-refractivity contribution in [3.8, 4) is 11.1 Å². The number of ether oxygens (including phenoxy) is 1. The molecule has 38 heavy (non-hydrogen) atoms. The van der Waals surface area contributed by atoms with Crippen LogP contribution in [0.25, 0.3) is 22.0 Å². The molecule has 1 aromatic heterocycles. The van der Waals surface area contributed by atoms with Crippen LogP contribution in [0, 0.1) is 13.8 Å². The van der Waals surface area contributed by atoms with Crippen LogP contribution in [0.3, 0.4) is 0 Å². The Morgan fingerprint density at radius 3 is 2.29 bits per heavy atom. The normalized spacial score (nSPS) is 14.9. The Balaban J connectivity index is 1.44. The molecule has 3 aromatic carbocycles. The van der Waals surface area contributed by atoms with Gasteiger partial charge in [-0.25, -0.2) is 0 Å². The number of nitrogens with zero attached hydrogens (tertiary/aromatic N) is 3. The van der Waals surface area contributed by atoms with Crippen LogP contribution < -0.4 is 5.56 Å². The minimum atomic E-state index is -0.167. The molecule has 0 spiro atoms. The average molecular weight is 510 g/mol. The molecule has 1 atom stereocenters. The van der Waals surface area contributed by atoms with Crippen LogP contribution in [0.2, 0.25) is 0 Å². The number of benzene rings is 3. The number of carbonyl (C=O) groups excluding carboxylic acids is 1. The molecule has 0 radical (unpaired) electrons. The molecule has 4 aromatic rings. The van der Waals surface area contributed by atoms with Crippen LogP contribution >= 0.6 is 0 Å². The molecular formula is C32H35N3O3. The third-order valence-electron chi connectivity index (χ3n) is 7.80. The van der Waals surface area contributed by atoms with Gasteiger partial charge in [0.1, 0.15) is 6.54 Å². The lowest BCUT2D eigenvalue weighted by molar-refractivity contribution is -0.133. The zero-order valence-corrected chi connectivity index (χ0v) is 22.4. The number of likely N-dealkylation sites (N-methyl/N-ethyl adjacent to an activating group) is 1. The number of fused-ring (bicyclic) bond motifs is 1. The molecule has 6 nitrogen and oxygen atoms in total. The highest BCUT2D eigenvalue weighted by Gasteiger charge is 2.26. The van der Waals surface area contributed by atoms with Gasteiger partial charge in [-0.3, -0.25) is 19.1 Å². The summed E-state index contributed by atoms with van der Waals surface area (Å²) in [6.45, 7) is 7.88. The van der Waals surface area contributed by atoms with E-state index in [1.807, 2.05) is 43.4 Å². The second-order valence-corrected chi connectivity index (χ2v) is 10.1. The van der Waals surface area contributed by atoms with Gasteiger partial charge in [-0.15, -0.1) is 0 Å². The maximum atomic E-state index is 13.7. The Kier molecular flexibility index (Phi) is 7.72. The highest BCUT2D eigenvalue weighted by atomic mass is 16.5. The number of carbonyl (C=O) groups is 1. The van der Waals surface area contributed by atoms with E-state index in [0.29, 0.717) is 19.8 Å². The molecule has 0 saturated carbocycles. The number of hydrogen-bond acceptors (Lipinski definition) is 4. The molecule has 1 aliphatic heterocycles. The zero-order chi connectivity index (χ0) is 26.6. The van der Waals surface area contributed by atoms with Crippen molar-refractivity contribution in [3.63, 3.8) is 0 Å². The van der Waals surface area contributed by atoms with Crippen LogP contribution in [0.1, 0.15) is 22.7 Å². The van der Waals surface area contributed by atoms with Crippen molar-refractivity contribution in [1.82, 2.24) is 14.4 Å². The third-order valence-corrected chi connectivity index (χ3v) is 7.80. The molecule has 1 saturated heterocycles. The number of pyridine rings is 1. The summed E-state index contributed by atoms with van der Waals surface area (Å²) < 4.78 is 7.15. The summed E-state index contributed by atoms with van der Waals surface area (Å²) in [4.78, 5) is 30.8. The van der Waals surface area contributed by atoms with Gasteiger partial charge in [0.25, 0.3) is 5.56 Å². The van der Waals surface area contributed by atoms with Gasteiger partial charge in [0.05, 0.1) is 24.8 Å². The summed E-state index contributed by atoms with van der Waals surface area (Å²) in [6.07, 6.45) is 0. The lowest BCUT2D eigenvalue weighted by Gasteiger charge is -2.35. The maximum Gasteiger partial charge on any atom is 0.251 e. The van der Waals surface area contributed by atoms with Crippen LogP contribution in [0.4, 0.5) is 0 Å². The van der Waals surface area contributed by atoms with Crippen molar-refractivity contribution in [3.05, 3.63) is 106 Å². The van der Waals surface area contributed by atoms with Gasteiger partial charge in [0.2, 0.25) is 5.91 Å². The largest absolute Gasteiger partial charge is 0.379 e. The van der Waals surface area contributed by atoms with Crippen molar-refractivity contribution in [2.24, 2.45) is 0 Å². The van der Waals surface area contributed by atoms with Gasteiger partial charge in [0, 0.05) is 38.1 Å². The van der Waals surface area contributed by atoms with Crippen molar-refractivity contribution in [2.45, 2.75) is 26.4 Å². The van der Waals surface area contributed by atoms with E-state index in [1.54, 1.807) is 15.5 Å². The van der Waals surface area contributed by atoms with Gasteiger partial charge in [-0.2, -0.15) is 0 Å². The minimum absolute atomic E-state index is 0.00309. The Labute approximate surface area is 224 Å². The molecule has 0 aliphatic carbocycles. The highest BCUT2D eigenvalue weighted by Crippen LogP contribution is 2.27. The third kappa shape index (κ3) is 5.42. The van der Waals surface area contributed by atoms with Crippen molar-refractivity contribution >= 4 is 16.8 Å². The first-order valence-corrected chi connectivity index (χ1v) is 13.2. The Morgan fingerprint density at radius 1 is 0.895 bits per heavy atom. The first kappa shape index (κ1) is 25.9. The van der Waals surface area contributed by atoms with Gasteiger partial charge in [0.15, 0.2) is 0 Å². The molecule has 5 rings (SSSR count). The second-order valence-electron chi connectivity index (χ2n) is 10.1. The average Bonchev–Trinajstić information content (AvgIpc) is 2.96. The van der Waals surface area contributed by atoms with E-state index in [9.17, 15) is 9.59 Å². The summed E-state index contributed by atoms with van der Waals surface area (Å²) in [5.74, 6) is -0.0942. The van der Waals surface area contributed by atoms with E-state index >= 15 is 0 Å². The molecule has 2 heterocycles. The Bertz CT molecular complexity index is 1470. The standard InChI is InChI=1S/C32H35N3O3/c1-23-9-15-29-28(24(23)2)14-16-31(36)35(29)22-32(37)33(3)30(21-34-17-19-38-20-18-34)27-12-10-26(11-13-27)25-7-5-4-6-8-25/h4-16,30H,17-22H2,1-3H3. The summed E-state index contributed by atoms with van der Waals surface area (Å²) in [7, 11) is 1.85. The number of aryl methyl sites for hydroxylation is 2. The topological polar surface area (TPSA) is 54.8 Å². The van der Waals surface area contributed by atoms with Gasteiger partial charge in [-0.05, 0) is 53.8 Å². The second kappa shape index (κ2) is 11.3. The molecule has 1 fully saturated rings. The van der Waals surface area contributed by atoms with Crippen LogP contribution in [-0.4, -0.2) is 60.2 Å². The highest BCUT2D eigenvalue weighted by molar-refractivity contribution is 5.85. The fraction of sp³-hybridized carbons (Fsp3) is 0.312. The fourth-order valence-corrected chi connectivity index (χ4v) is 5.22. The summed E-state index contributed by atoms with van der Waals surface area (Å²) >= 11 is 0. The van der Waals surface area contributed by atoms with Crippen molar-refractivity contribution in [1.29, 1.82) is 0 Å². The molecule has 1 aliphatic rings. The Morgan fingerprint density at radius 2 is 1.58 bits per heavy atom. The number of aromatic nitrogens is 1. The monoisotopic (exact) mass is 509 g/mol. The predicted octanol–water partition coefficient (Wildman–Crippen LogP) is 4.82. The van der Waals surface area contributed by atoms with E-state index in [1.165, 1.54) is 0 Å². The number of amides is 1. The van der Waals surface area contributed by atoms with Gasteiger partial charge < -0.3 is 9.64 Å². The lowest BCUT2D eigenvalue weighted by Crippen LogP contribution is -2.45. The molecule has 0 N–H and O–H groups in total. The summed E-state index contributed by atoms with van der Waals surface area (Å²) in [6, 6.07) is 26.0. The predicted molar refractivity (Wildman–Crippen MR) is 152 cm³/mol. The number of hydrogen-bond donors (Lipinski definition) is 0. The van der Waals surface area contributed by atoms with Gasteiger partial charge in [-0.1, -0.05) is 60.7 Å². The lowest BCUT2D eigenvalue weighted by atomic mass is 9.99. The number of rotatable bonds is 7. The molecule has 196 valence electrons. The van der Waals surface area contributed by atoms with Crippen LogP contribution in [-0.2, 0) is 16.1 Å². The molecule has 6 heteroatoms. The quantitative estimate of drug-likeness (QED) is 0.359. The van der Waals surface area contributed by atoms with E-state index < -0.39 is 0 Å². The Hall–Kier alpha value is -3.74. The minimum Gasteiger partial charge on any atom is -0.379 e. The summed E-state index contributed by atoms with van der Waals surface area (Å²) in [5.41, 5.74) is 6.29. The van der Waals surface area contributed by atoms with Crippen LogP contribution in [0.15, 0.2) is 83.7 Å². The first-order valence-electron chi connectivity index (χ1n) is 13.2. The first-order chi connectivity index (χ1) is 18.4. The summed E-state index contributed by atoms with van der Waals surface area (Å²) in [5, 5.41) is 1.00. The zero-order valence-electron chi connectivity index (χ0n) is 22.4. The van der Waals surface area contributed by atoms with Crippen molar-refractivity contribution < 1.29 is 9.53 Å². The number of morpholine rings is 1. The fourth-order valence-electron chi connectivity index (χ4n) is 5.22. The van der Waals surface area contributed by atoms with Crippen molar-refractivity contribution in [2.75, 3.05) is 39.9 Å². The van der Waals surface area contributed by atoms with E-state index in [0.717, 1.165) is 51.8 Å². The molecular weight excluding hydrogens is 474 g/mol. The van der Waals surface area contributed by atoms with E-state index in [2.05, 4.69) is 55.1 Å². The molecule has 1 amide bonds.